The molecule has 3 aromatic heterocycles. The highest BCUT2D eigenvalue weighted by Gasteiger charge is 2.49. The average molecular weight is 631 g/mol. The summed E-state index contributed by atoms with van der Waals surface area (Å²) in [6.45, 7) is 6.06. The number of amides is 1. The fourth-order valence-corrected chi connectivity index (χ4v) is 7.21. The van der Waals surface area contributed by atoms with Crippen molar-refractivity contribution in [2.45, 2.75) is 33.4 Å². The van der Waals surface area contributed by atoms with Gasteiger partial charge in [0.15, 0.2) is 22.4 Å². The third-order valence-corrected chi connectivity index (χ3v) is 9.14. The van der Waals surface area contributed by atoms with Crippen LogP contribution in [0.4, 0.5) is 5.13 Å². The van der Waals surface area contributed by atoms with Crippen LogP contribution in [0.5, 0.6) is 11.5 Å². The second-order valence-electron chi connectivity index (χ2n) is 11.3. The molecule has 1 unspecified atom stereocenters. The summed E-state index contributed by atoms with van der Waals surface area (Å²) in [5, 5.41) is 12.3. The van der Waals surface area contributed by atoms with Crippen molar-refractivity contribution in [3.8, 4) is 11.5 Å². The van der Waals surface area contributed by atoms with Crippen molar-refractivity contribution >= 4 is 49.8 Å². The van der Waals surface area contributed by atoms with Crippen LogP contribution in [0.1, 0.15) is 39.7 Å². The molecule has 46 heavy (non-hydrogen) atoms. The molecule has 0 aliphatic carbocycles. The van der Waals surface area contributed by atoms with E-state index in [1.807, 2.05) is 74.5 Å². The van der Waals surface area contributed by atoms with Crippen LogP contribution in [0, 0.1) is 20.8 Å². The molecule has 0 bridgehead atoms. The number of hydrogen-bond acceptors (Lipinski definition) is 8. The number of methoxy groups -OCH3 is 1. The minimum Gasteiger partial charge on any atom is -0.505 e. The van der Waals surface area contributed by atoms with Crippen molar-refractivity contribution in [2.24, 2.45) is 0 Å². The standard InChI is InChI=1S/C36H30N4O5S/c1-20-16-21(2)30-27(17-20)46-36(38-30)40-32(24-13-14-25(26(18-24)44-4)45-19-23-10-6-5-7-11-23)29(34(42)35(40)43)33(41)31-22(3)37-28-12-8-9-15-39(28)31/h5-18,32,41H,19H2,1-4H3/b33-29+. The molecule has 4 heterocycles. The molecule has 1 N–H and O–H groups in total. The number of fused-ring (bicyclic) bond motifs is 2. The fourth-order valence-electron chi connectivity index (χ4n) is 6.04. The van der Waals surface area contributed by atoms with Crippen molar-refractivity contribution < 1.29 is 24.2 Å². The smallest absolute Gasteiger partial charge is 0.301 e. The van der Waals surface area contributed by atoms with Crippen LogP contribution in [0.2, 0.25) is 0 Å². The van der Waals surface area contributed by atoms with Gasteiger partial charge in [0, 0.05) is 6.20 Å². The van der Waals surface area contributed by atoms with Crippen LogP contribution < -0.4 is 14.4 Å². The van der Waals surface area contributed by atoms with E-state index in [1.54, 1.807) is 35.7 Å². The lowest BCUT2D eigenvalue weighted by Crippen LogP contribution is -2.29. The molecular formula is C36H30N4O5S. The monoisotopic (exact) mass is 630 g/mol. The van der Waals surface area contributed by atoms with Gasteiger partial charge in [-0.3, -0.25) is 18.9 Å². The minimum atomic E-state index is -1.01. The van der Waals surface area contributed by atoms with Crippen LogP contribution in [-0.4, -0.2) is 38.3 Å². The molecule has 3 aromatic carbocycles. The SMILES string of the molecule is COc1cc(C2/C(=C(\O)c3c(C)nc4ccccn34)C(=O)C(=O)N2c2nc3c(C)cc(C)cc3s2)ccc1OCc1ccccc1. The maximum Gasteiger partial charge on any atom is 0.301 e. The summed E-state index contributed by atoms with van der Waals surface area (Å²) in [5.74, 6) is -1.01. The highest BCUT2D eigenvalue weighted by molar-refractivity contribution is 7.22. The highest BCUT2D eigenvalue weighted by atomic mass is 32.1. The van der Waals surface area contributed by atoms with E-state index in [0.29, 0.717) is 45.8 Å². The first-order valence-electron chi connectivity index (χ1n) is 14.7. The topological polar surface area (TPSA) is 106 Å². The molecule has 0 saturated carbocycles. The van der Waals surface area contributed by atoms with E-state index in [0.717, 1.165) is 26.9 Å². The molecule has 230 valence electrons. The summed E-state index contributed by atoms with van der Waals surface area (Å²) < 4.78 is 14.4. The zero-order chi connectivity index (χ0) is 32.1. The van der Waals surface area contributed by atoms with Crippen LogP contribution in [0.25, 0.3) is 21.6 Å². The van der Waals surface area contributed by atoms with Crippen molar-refractivity contribution in [3.05, 3.63) is 124 Å². The number of nitrogens with zero attached hydrogens (tertiary/aromatic N) is 4. The predicted molar refractivity (Wildman–Crippen MR) is 178 cm³/mol. The first-order valence-corrected chi connectivity index (χ1v) is 15.5. The van der Waals surface area contributed by atoms with Crippen molar-refractivity contribution in [1.82, 2.24) is 14.4 Å². The van der Waals surface area contributed by atoms with E-state index in [2.05, 4.69) is 4.98 Å². The summed E-state index contributed by atoms with van der Waals surface area (Å²) in [6, 6.07) is 23.5. The first kappa shape index (κ1) is 29.2. The van der Waals surface area contributed by atoms with Crippen molar-refractivity contribution in [3.63, 3.8) is 0 Å². The quantitative estimate of drug-likeness (QED) is 0.114. The zero-order valence-electron chi connectivity index (χ0n) is 25.6. The van der Waals surface area contributed by atoms with E-state index < -0.39 is 17.7 Å². The van der Waals surface area contributed by atoms with Gasteiger partial charge in [0.05, 0.1) is 34.6 Å². The number of rotatable bonds is 7. The first-order chi connectivity index (χ1) is 22.2. The van der Waals surface area contributed by atoms with Gasteiger partial charge in [0.1, 0.15) is 17.9 Å². The maximum absolute atomic E-state index is 14.0. The Balaban J connectivity index is 1.41. The molecule has 0 spiro atoms. The number of carbonyl (C=O) groups is 2. The number of ether oxygens (including phenoxy) is 2. The fraction of sp³-hybridized carbons (Fsp3) is 0.167. The van der Waals surface area contributed by atoms with Gasteiger partial charge in [0.25, 0.3) is 5.78 Å². The number of aryl methyl sites for hydroxylation is 3. The number of imidazole rings is 1. The Labute approximate surface area is 269 Å². The lowest BCUT2D eigenvalue weighted by molar-refractivity contribution is -0.132. The highest BCUT2D eigenvalue weighted by Crippen LogP contribution is 2.46. The van der Waals surface area contributed by atoms with Crippen LogP contribution in [-0.2, 0) is 16.2 Å². The van der Waals surface area contributed by atoms with Gasteiger partial charge in [-0.05, 0) is 73.4 Å². The number of Topliss-reactive ketones (excluding diaryl/α,β-unsaturated/α-hetero) is 1. The van der Waals surface area contributed by atoms with E-state index >= 15 is 0 Å². The Hall–Kier alpha value is -5.48. The van der Waals surface area contributed by atoms with Gasteiger partial charge in [-0.25, -0.2) is 9.97 Å². The summed E-state index contributed by atoms with van der Waals surface area (Å²) in [7, 11) is 1.53. The maximum atomic E-state index is 14.0. The number of ketones is 1. The molecule has 1 saturated heterocycles. The molecule has 0 radical (unpaired) electrons. The number of aromatic nitrogens is 3. The molecular weight excluding hydrogens is 600 g/mol. The Morgan fingerprint density at radius 2 is 1.72 bits per heavy atom. The number of carbonyl (C=O) groups excluding carboxylic acids is 2. The summed E-state index contributed by atoms with van der Waals surface area (Å²) in [6.07, 6.45) is 1.76. The Kier molecular flexibility index (Phi) is 7.29. The van der Waals surface area contributed by atoms with Gasteiger partial charge in [-0.2, -0.15) is 0 Å². The molecule has 1 aliphatic rings. The largest absolute Gasteiger partial charge is 0.505 e. The number of benzene rings is 3. The number of hydrogen-bond donors (Lipinski definition) is 1. The molecule has 6 aromatic rings. The number of thiazole rings is 1. The average Bonchev–Trinajstić information content (AvgIpc) is 3.71. The predicted octanol–water partition coefficient (Wildman–Crippen LogP) is 7.08. The number of anilines is 1. The molecule has 9 nitrogen and oxygen atoms in total. The minimum absolute atomic E-state index is 0.0640. The normalized spacial score (nSPS) is 16.1. The van der Waals surface area contributed by atoms with Gasteiger partial charge in [0.2, 0.25) is 0 Å². The van der Waals surface area contributed by atoms with Crippen LogP contribution in [0.3, 0.4) is 0 Å². The Morgan fingerprint density at radius 3 is 2.50 bits per heavy atom. The Bertz CT molecular complexity index is 2200. The van der Waals surface area contributed by atoms with E-state index in [-0.39, 0.29) is 11.3 Å². The lowest BCUT2D eigenvalue weighted by Gasteiger charge is -2.24. The lowest BCUT2D eigenvalue weighted by atomic mass is 9.96. The van der Waals surface area contributed by atoms with Crippen molar-refractivity contribution in [1.29, 1.82) is 0 Å². The summed E-state index contributed by atoms with van der Waals surface area (Å²) >= 11 is 1.33. The molecule has 1 fully saturated rings. The summed E-state index contributed by atoms with van der Waals surface area (Å²) in [4.78, 5) is 38.7. The molecule has 1 aliphatic heterocycles. The van der Waals surface area contributed by atoms with E-state index in [4.69, 9.17) is 14.5 Å². The number of aliphatic hydroxyl groups excluding tert-OH is 1. The third-order valence-electron chi connectivity index (χ3n) is 8.14. The van der Waals surface area contributed by atoms with Crippen molar-refractivity contribution in [2.75, 3.05) is 12.0 Å². The van der Waals surface area contributed by atoms with E-state index in [1.165, 1.54) is 23.3 Å². The molecule has 7 rings (SSSR count). The van der Waals surface area contributed by atoms with Crippen LogP contribution >= 0.6 is 11.3 Å². The molecule has 1 amide bonds. The molecule has 1 atom stereocenters. The Morgan fingerprint density at radius 1 is 0.935 bits per heavy atom. The van der Waals surface area contributed by atoms with E-state index in [9.17, 15) is 14.7 Å². The van der Waals surface area contributed by atoms with Gasteiger partial charge < -0.3 is 14.6 Å². The van der Waals surface area contributed by atoms with Gasteiger partial charge in [-0.15, -0.1) is 0 Å². The van der Waals surface area contributed by atoms with Crippen LogP contribution in [0.15, 0.2) is 90.6 Å². The molecule has 10 heteroatoms. The third kappa shape index (κ3) is 4.87. The summed E-state index contributed by atoms with van der Waals surface area (Å²) in [5.41, 5.74) is 5.72. The number of aliphatic hydroxyl groups is 1. The second kappa shape index (κ2) is 11.5. The van der Waals surface area contributed by atoms with Gasteiger partial charge in [-0.1, -0.05) is 59.9 Å². The second-order valence-corrected chi connectivity index (χ2v) is 12.3. The zero-order valence-corrected chi connectivity index (χ0v) is 26.5. The number of pyridine rings is 1. The van der Waals surface area contributed by atoms with Gasteiger partial charge >= 0.3 is 5.91 Å².